The molecule has 0 bridgehead atoms. The number of nitrogens with zero attached hydrogens (tertiary/aromatic N) is 2. The maximum absolute atomic E-state index is 12.5. The maximum Gasteiger partial charge on any atom is 0.410 e. The normalized spacial score (nSPS) is 18.2. The average Bonchev–Trinajstić information content (AvgIpc) is 3.16. The van der Waals surface area contributed by atoms with Crippen molar-refractivity contribution in [2.75, 3.05) is 6.54 Å². The van der Waals surface area contributed by atoms with Crippen molar-refractivity contribution in [3.63, 3.8) is 0 Å². The number of hydrogen-bond donors (Lipinski definition) is 2. The van der Waals surface area contributed by atoms with E-state index in [2.05, 4.69) is 5.32 Å². The molecule has 1 heterocycles. The monoisotopic (exact) mass is 373 g/mol. The van der Waals surface area contributed by atoms with Crippen LogP contribution in [0.5, 0.6) is 0 Å². The minimum absolute atomic E-state index is 0.00273. The van der Waals surface area contributed by atoms with Gasteiger partial charge in [0.1, 0.15) is 18.7 Å². The van der Waals surface area contributed by atoms with Gasteiger partial charge in [0.2, 0.25) is 5.91 Å². The van der Waals surface area contributed by atoms with Crippen LogP contribution in [0.1, 0.15) is 31.7 Å². The number of hydrogen-bond acceptors (Lipinski definition) is 5. The van der Waals surface area contributed by atoms with E-state index < -0.39 is 36.0 Å². The number of benzene rings is 1. The summed E-state index contributed by atoms with van der Waals surface area (Å²) in [5.74, 6) is -2.26. The highest BCUT2D eigenvalue weighted by Gasteiger charge is 2.37. The maximum atomic E-state index is 12.5. The molecule has 1 aliphatic heterocycles. The minimum atomic E-state index is -1.21. The SMILES string of the molecule is C[C@H](C#N)C[C@@H](NC(=O)[C@H]1CCCN1C(=O)OCc1ccccc1)C(=O)O. The number of nitriles is 1. The summed E-state index contributed by atoms with van der Waals surface area (Å²) in [6, 6.07) is 9.20. The van der Waals surface area contributed by atoms with E-state index in [-0.39, 0.29) is 13.0 Å². The number of nitrogens with one attached hydrogen (secondary N) is 1. The van der Waals surface area contributed by atoms with Gasteiger partial charge in [-0.1, -0.05) is 30.3 Å². The third-order valence-electron chi connectivity index (χ3n) is 4.42. The lowest BCUT2D eigenvalue weighted by Gasteiger charge is -2.25. The Morgan fingerprint density at radius 1 is 1.37 bits per heavy atom. The minimum Gasteiger partial charge on any atom is -0.480 e. The Labute approximate surface area is 157 Å². The number of carbonyl (C=O) groups excluding carboxylic acids is 2. The zero-order valence-electron chi connectivity index (χ0n) is 15.1. The van der Waals surface area contributed by atoms with Gasteiger partial charge >= 0.3 is 12.1 Å². The van der Waals surface area contributed by atoms with Crippen LogP contribution in [0.3, 0.4) is 0 Å². The second kappa shape index (κ2) is 9.57. The highest BCUT2D eigenvalue weighted by atomic mass is 16.6. The molecule has 3 atom stereocenters. The lowest BCUT2D eigenvalue weighted by atomic mass is 10.0. The molecule has 0 aromatic heterocycles. The van der Waals surface area contributed by atoms with E-state index in [4.69, 9.17) is 10.00 Å². The number of carbonyl (C=O) groups is 3. The first-order chi connectivity index (χ1) is 12.9. The van der Waals surface area contributed by atoms with Gasteiger partial charge in [-0.05, 0) is 31.7 Å². The molecular weight excluding hydrogens is 350 g/mol. The molecule has 0 radical (unpaired) electrons. The van der Waals surface area contributed by atoms with Gasteiger partial charge in [-0.3, -0.25) is 9.69 Å². The summed E-state index contributed by atoms with van der Waals surface area (Å²) in [5.41, 5.74) is 0.836. The van der Waals surface area contributed by atoms with Crippen LogP contribution in [0.15, 0.2) is 30.3 Å². The molecule has 2 N–H and O–H groups in total. The molecule has 1 aromatic carbocycles. The van der Waals surface area contributed by atoms with Gasteiger partial charge in [0.15, 0.2) is 0 Å². The summed E-state index contributed by atoms with van der Waals surface area (Å²) in [5, 5.41) is 20.6. The van der Waals surface area contributed by atoms with E-state index in [1.165, 1.54) is 4.90 Å². The highest BCUT2D eigenvalue weighted by molar-refractivity contribution is 5.89. The molecule has 2 amide bonds. The predicted molar refractivity (Wildman–Crippen MR) is 95.3 cm³/mol. The zero-order valence-corrected chi connectivity index (χ0v) is 15.1. The summed E-state index contributed by atoms with van der Waals surface area (Å²) < 4.78 is 5.27. The summed E-state index contributed by atoms with van der Waals surface area (Å²) in [7, 11) is 0. The first-order valence-electron chi connectivity index (χ1n) is 8.82. The van der Waals surface area contributed by atoms with Crippen molar-refractivity contribution < 1.29 is 24.2 Å². The van der Waals surface area contributed by atoms with Crippen molar-refractivity contribution in [3.8, 4) is 6.07 Å². The van der Waals surface area contributed by atoms with E-state index in [1.807, 2.05) is 36.4 Å². The molecule has 0 spiro atoms. The van der Waals surface area contributed by atoms with Crippen LogP contribution >= 0.6 is 0 Å². The van der Waals surface area contributed by atoms with Crippen LogP contribution < -0.4 is 5.32 Å². The second-order valence-corrected chi connectivity index (χ2v) is 6.56. The summed E-state index contributed by atoms with van der Waals surface area (Å²) in [6.45, 7) is 2.06. The summed E-state index contributed by atoms with van der Waals surface area (Å²) in [6.07, 6.45) is 0.466. The lowest BCUT2D eigenvalue weighted by Crippen LogP contribution is -2.51. The Bertz CT molecular complexity index is 716. The highest BCUT2D eigenvalue weighted by Crippen LogP contribution is 2.20. The third-order valence-corrected chi connectivity index (χ3v) is 4.42. The van der Waals surface area contributed by atoms with Gasteiger partial charge in [0, 0.05) is 12.5 Å². The second-order valence-electron chi connectivity index (χ2n) is 6.56. The lowest BCUT2D eigenvalue weighted by molar-refractivity contribution is -0.142. The fourth-order valence-corrected chi connectivity index (χ4v) is 2.96. The molecule has 8 nitrogen and oxygen atoms in total. The molecule has 0 aliphatic carbocycles. The summed E-state index contributed by atoms with van der Waals surface area (Å²) in [4.78, 5) is 37.5. The number of carboxylic acid groups (broad SMARTS) is 1. The smallest absolute Gasteiger partial charge is 0.410 e. The number of rotatable bonds is 7. The van der Waals surface area contributed by atoms with Crippen LogP contribution in [0, 0.1) is 17.2 Å². The van der Waals surface area contributed by atoms with E-state index in [0.717, 1.165) is 5.56 Å². The van der Waals surface area contributed by atoms with Crippen LogP contribution in [0.4, 0.5) is 4.79 Å². The fraction of sp³-hybridized carbons (Fsp3) is 0.474. The van der Waals surface area contributed by atoms with Gasteiger partial charge in [-0.15, -0.1) is 0 Å². The van der Waals surface area contributed by atoms with Crippen LogP contribution in [0.25, 0.3) is 0 Å². The van der Waals surface area contributed by atoms with Gasteiger partial charge in [0.05, 0.1) is 6.07 Å². The molecule has 0 saturated carbocycles. The van der Waals surface area contributed by atoms with Crippen molar-refractivity contribution in [2.45, 2.75) is 44.9 Å². The average molecular weight is 373 g/mol. The molecule has 1 fully saturated rings. The largest absolute Gasteiger partial charge is 0.480 e. The summed E-state index contributed by atoms with van der Waals surface area (Å²) >= 11 is 0. The molecule has 144 valence electrons. The Morgan fingerprint density at radius 3 is 2.70 bits per heavy atom. The van der Waals surface area contributed by atoms with Gasteiger partial charge in [-0.2, -0.15) is 5.26 Å². The number of carboxylic acids is 1. The topological polar surface area (TPSA) is 120 Å². The first-order valence-corrected chi connectivity index (χ1v) is 8.82. The molecule has 0 unspecified atom stereocenters. The zero-order chi connectivity index (χ0) is 19.8. The predicted octanol–water partition coefficient (Wildman–Crippen LogP) is 1.91. The molecule has 1 saturated heterocycles. The fourth-order valence-electron chi connectivity index (χ4n) is 2.96. The van der Waals surface area contributed by atoms with Crippen molar-refractivity contribution in [2.24, 2.45) is 5.92 Å². The van der Waals surface area contributed by atoms with E-state index >= 15 is 0 Å². The molecule has 8 heteroatoms. The Hall–Kier alpha value is -3.08. The Balaban J connectivity index is 1.95. The van der Waals surface area contributed by atoms with Gasteiger partial charge < -0.3 is 15.2 Å². The van der Waals surface area contributed by atoms with Gasteiger partial charge in [-0.25, -0.2) is 9.59 Å². The van der Waals surface area contributed by atoms with E-state index in [9.17, 15) is 19.5 Å². The number of aliphatic carboxylic acids is 1. The number of ether oxygens (including phenoxy) is 1. The molecule has 27 heavy (non-hydrogen) atoms. The molecule has 1 aromatic rings. The third kappa shape index (κ3) is 5.71. The van der Waals surface area contributed by atoms with Crippen molar-refractivity contribution in [1.29, 1.82) is 5.26 Å². The molecule has 2 rings (SSSR count). The molecular formula is C19H23N3O5. The Morgan fingerprint density at radius 2 is 2.07 bits per heavy atom. The first kappa shape index (κ1) is 20.2. The number of likely N-dealkylation sites (tertiary alicyclic amines) is 1. The molecule has 1 aliphatic rings. The van der Waals surface area contributed by atoms with Gasteiger partial charge in [0.25, 0.3) is 0 Å². The quantitative estimate of drug-likeness (QED) is 0.753. The van der Waals surface area contributed by atoms with Crippen molar-refractivity contribution in [3.05, 3.63) is 35.9 Å². The Kier molecular flexibility index (Phi) is 7.17. The van der Waals surface area contributed by atoms with Crippen molar-refractivity contribution >= 4 is 18.0 Å². The van der Waals surface area contributed by atoms with Crippen molar-refractivity contribution in [1.82, 2.24) is 10.2 Å². The van der Waals surface area contributed by atoms with E-state index in [0.29, 0.717) is 19.4 Å². The van der Waals surface area contributed by atoms with E-state index in [1.54, 1.807) is 6.92 Å². The van der Waals surface area contributed by atoms with Crippen LogP contribution in [-0.2, 0) is 20.9 Å². The van der Waals surface area contributed by atoms with Crippen LogP contribution in [-0.4, -0.2) is 46.6 Å². The number of amides is 2. The standard InChI is InChI=1S/C19H23N3O5/c1-13(11-20)10-15(18(24)25)21-17(23)16-8-5-9-22(16)19(26)27-12-14-6-3-2-4-7-14/h2-4,6-7,13,15-16H,5,8-10,12H2,1H3,(H,21,23)(H,24,25)/t13-,15+,16+/m0/s1. The van der Waals surface area contributed by atoms with Crippen LogP contribution in [0.2, 0.25) is 0 Å².